The van der Waals surface area contributed by atoms with Crippen molar-refractivity contribution in [2.24, 2.45) is 5.92 Å². The molecule has 18 heavy (non-hydrogen) atoms. The maximum atomic E-state index is 11.9. The molecule has 0 fully saturated rings. The summed E-state index contributed by atoms with van der Waals surface area (Å²) >= 11 is 0. The van der Waals surface area contributed by atoms with Gasteiger partial charge in [0.25, 0.3) is 5.91 Å². The molecule has 0 aliphatic rings. The first kappa shape index (κ1) is 14.5. The van der Waals surface area contributed by atoms with E-state index in [9.17, 15) is 4.79 Å². The maximum Gasteiger partial charge on any atom is 0.270 e. The molecule has 0 radical (unpaired) electrons. The standard InChI is InChI=1S/C14H23N3O/c1-5-11(4)17-14(18)13-8-12(6-7-15-13)16-9-10(2)3/h6-8,10-11H,5,9H2,1-4H3,(H,15,16)(H,17,18). The summed E-state index contributed by atoms with van der Waals surface area (Å²) in [5, 5.41) is 6.20. The molecule has 4 heteroatoms. The highest BCUT2D eigenvalue weighted by atomic mass is 16.1. The molecule has 2 N–H and O–H groups in total. The Balaban J connectivity index is 2.66. The molecular formula is C14H23N3O. The zero-order chi connectivity index (χ0) is 13.5. The van der Waals surface area contributed by atoms with Crippen molar-refractivity contribution in [3.05, 3.63) is 24.0 Å². The van der Waals surface area contributed by atoms with Crippen LogP contribution in [-0.2, 0) is 0 Å². The lowest BCUT2D eigenvalue weighted by Gasteiger charge is -2.12. The average Bonchev–Trinajstić information content (AvgIpc) is 2.36. The minimum Gasteiger partial charge on any atom is -0.385 e. The van der Waals surface area contributed by atoms with Crippen molar-refractivity contribution in [2.75, 3.05) is 11.9 Å². The number of nitrogens with zero attached hydrogens (tertiary/aromatic N) is 1. The Morgan fingerprint density at radius 3 is 2.72 bits per heavy atom. The Kier molecular flexibility index (Phi) is 5.62. The van der Waals surface area contributed by atoms with Crippen LogP contribution in [0.4, 0.5) is 5.69 Å². The van der Waals surface area contributed by atoms with Crippen LogP contribution in [0, 0.1) is 5.92 Å². The highest BCUT2D eigenvalue weighted by Crippen LogP contribution is 2.09. The molecule has 1 aromatic rings. The molecule has 1 atom stereocenters. The molecular weight excluding hydrogens is 226 g/mol. The van der Waals surface area contributed by atoms with Crippen molar-refractivity contribution in [3.8, 4) is 0 Å². The Hall–Kier alpha value is -1.58. The summed E-state index contributed by atoms with van der Waals surface area (Å²) in [7, 11) is 0. The van der Waals surface area contributed by atoms with Crippen LogP contribution in [0.15, 0.2) is 18.3 Å². The van der Waals surface area contributed by atoms with Gasteiger partial charge in [0.1, 0.15) is 5.69 Å². The molecule has 1 unspecified atom stereocenters. The van der Waals surface area contributed by atoms with Crippen molar-refractivity contribution in [1.29, 1.82) is 0 Å². The van der Waals surface area contributed by atoms with Crippen LogP contribution < -0.4 is 10.6 Å². The van der Waals surface area contributed by atoms with Gasteiger partial charge in [-0.2, -0.15) is 0 Å². The zero-order valence-corrected chi connectivity index (χ0v) is 11.7. The Labute approximate surface area is 109 Å². The second-order valence-electron chi connectivity index (χ2n) is 4.99. The second-order valence-corrected chi connectivity index (χ2v) is 4.99. The molecule has 1 amide bonds. The third-order valence-electron chi connectivity index (χ3n) is 2.70. The summed E-state index contributed by atoms with van der Waals surface area (Å²) in [6.07, 6.45) is 2.57. The number of hydrogen-bond acceptors (Lipinski definition) is 3. The topological polar surface area (TPSA) is 54.0 Å². The monoisotopic (exact) mass is 249 g/mol. The van der Waals surface area contributed by atoms with Gasteiger partial charge in [-0.05, 0) is 31.4 Å². The third kappa shape index (κ3) is 4.73. The summed E-state index contributed by atoms with van der Waals surface area (Å²) in [5.74, 6) is 0.452. The van der Waals surface area contributed by atoms with E-state index in [1.54, 1.807) is 12.3 Å². The molecule has 1 rings (SSSR count). The van der Waals surface area contributed by atoms with Crippen LogP contribution in [0.5, 0.6) is 0 Å². The van der Waals surface area contributed by atoms with Crippen LogP contribution in [-0.4, -0.2) is 23.5 Å². The number of hydrogen-bond donors (Lipinski definition) is 2. The molecule has 0 saturated heterocycles. The molecule has 0 aliphatic heterocycles. The van der Waals surface area contributed by atoms with Gasteiger partial charge in [0.2, 0.25) is 0 Å². The zero-order valence-electron chi connectivity index (χ0n) is 11.7. The van der Waals surface area contributed by atoms with Crippen molar-refractivity contribution < 1.29 is 4.79 Å². The first-order valence-corrected chi connectivity index (χ1v) is 6.53. The number of amides is 1. The molecule has 0 saturated carbocycles. The fourth-order valence-electron chi connectivity index (χ4n) is 1.39. The number of aromatic nitrogens is 1. The lowest BCUT2D eigenvalue weighted by molar-refractivity contribution is 0.0934. The second kappa shape index (κ2) is 6.99. The van der Waals surface area contributed by atoms with Gasteiger partial charge in [-0.15, -0.1) is 0 Å². The van der Waals surface area contributed by atoms with Crippen LogP contribution >= 0.6 is 0 Å². The van der Waals surface area contributed by atoms with E-state index >= 15 is 0 Å². The summed E-state index contributed by atoms with van der Waals surface area (Å²) in [6.45, 7) is 9.20. The van der Waals surface area contributed by atoms with E-state index in [2.05, 4.69) is 29.5 Å². The van der Waals surface area contributed by atoms with Gasteiger partial charge in [0, 0.05) is 24.5 Å². The van der Waals surface area contributed by atoms with Gasteiger partial charge in [0.15, 0.2) is 0 Å². The highest BCUT2D eigenvalue weighted by molar-refractivity contribution is 5.93. The molecule has 100 valence electrons. The van der Waals surface area contributed by atoms with Gasteiger partial charge in [-0.1, -0.05) is 20.8 Å². The quantitative estimate of drug-likeness (QED) is 0.815. The largest absolute Gasteiger partial charge is 0.385 e. The first-order chi connectivity index (χ1) is 8.52. The minimum atomic E-state index is -0.113. The minimum absolute atomic E-state index is 0.113. The SMILES string of the molecule is CCC(C)NC(=O)c1cc(NCC(C)C)ccn1. The van der Waals surface area contributed by atoms with Crippen molar-refractivity contribution in [3.63, 3.8) is 0 Å². The van der Waals surface area contributed by atoms with E-state index in [1.807, 2.05) is 19.9 Å². The smallest absolute Gasteiger partial charge is 0.270 e. The average molecular weight is 249 g/mol. The van der Waals surface area contributed by atoms with E-state index in [-0.39, 0.29) is 11.9 Å². The van der Waals surface area contributed by atoms with Crippen molar-refractivity contribution in [2.45, 2.75) is 40.2 Å². The van der Waals surface area contributed by atoms with Crippen LogP contribution in [0.25, 0.3) is 0 Å². The van der Waals surface area contributed by atoms with Crippen LogP contribution in [0.2, 0.25) is 0 Å². The number of pyridine rings is 1. The Morgan fingerprint density at radius 1 is 1.39 bits per heavy atom. The highest BCUT2D eigenvalue weighted by Gasteiger charge is 2.10. The van der Waals surface area contributed by atoms with Gasteiger partial charge in [-0.3, -0.25) is 9.78 Å². The fourth-order valence-corrected chi connectivity index (χ4v) is 1.39. The molecule has 0 aliphatic carbocycles. The predicted molar refractivity (Wildman–Crippen MR) is 74.8 cm³/mol. The van der Waals surface area contributed by atoms with Gasteiger partial charge >= 0.3 is 0 Å². The lowest BCUT2D eigenvalue weighted by atomic mass is 10.2. The van der Waals surface area contributed by atoms with E-state index in [1.165, 1.54) is 0 Å². The Morgan fingerprint density at radius 2 is 2.11 bits per heavy atom. The van der Waals surface area contributed by atoms with E-state index in [0.29, 0.717) is 11.6 Å². The lowest BCUT2D eigenvalue weighted by Crippen LogP contribution is -2.32. The number of carbonyl (C=O) groups excluding carboxylic acids is 1. The van der Waals surface area contributed by atoms with Crippen LogP contribution in [0.1, 0.15) is 44.6 Å². The number of rotatable bonds is 6. The summed E-state index contributed by atoms with van der Waals surface area (Å²) < 4.78 is 0. The van der Waals surface area contributed by atoms with Crippen molar-refractivity contribution in [1.82, 2.24) is 10.3 Å². The molecule has 1 aromatic heterocycles. The third-order valence-corrected chi connectivity index (χ3v) is 2.70. The van der Waals surface area contributed by atoms with Crippen LogP contribution in [0.3, 0.4) is 0 Å². The predicted octanol–water partition coefficient (Wildman–Crippen LogP) is 2.68. The maximum absolute atomic E-state index is 11.9. The fraction of sp³-hybridized carbons (Fsp3) is 0.571. The Bertz CT molecular complexity index is 390. The summed E-state index contributed by atoms with van der Waals surface area (Å²) in [4.78, 5) is 16.0. The van der Waals surface area contributed by atoms with Gasteiger partial charge in [-0.25, -0.2) is 0 Å². The number of anilines is 1. The summed E-state index contributed by atoms with van der Waals surface area (Å²) in [5.41, 5.74) is 1.40. The number of carbonyl (C=O) groups is 1. The van der Waals surface area contributed by atoms with Gasteiger partial charge in [0.05, 0.1) is 0 Å². The molecule has 0 spiro atoms. The molecule has 4 nitrogen and oxygen atoms in total. The van der Waals surface area contributed by atoms with E-state index in [0.717, 1.165) is 18.7 Å². The first-order valence-electron chi connectivity index (χ1n) is 6.53. The number of nitrogens with one attached hydrogen (secondary N) is 2. The van der Waals surface area contributed by atoms with Crippen molar-refractivity contribution >= 4 is 11.6 Å². The molecule has 0 bridgehead atoms. The molecule has 1 heterocycles. The van der Waals surface area contributed by atoms with Gasteiger partial charge < -0.3 is 10.6 Å². The summed E-state index contributed by atoms with van der Waals surface area (Å²) in [6, 6.07) is 3.84. The normalized spacial score (nSPS) is 12.3. The van der Waals surface area contributed by atoms with E-state index in [4.69, 9.17) is 0 Å². The molecule has 0 aromatic carbocycles. The van der Waals surface area contributed by atoms with E-state index < -0.39 is 0 Å².